The fourth-order valence-electron chi connectivity index (χ4n) is 2.21. The van der Waals surface area contributed by atoms with Crippen molar-refractivity contribution in [1.29, 1.82) is 0 Å². The van der Waals surface area contributed by atoms with Gasteiger partial charge < -0.3 is 25.3 Å². The number of carbonyl (C=O) groups excluding carboxylic acids is 1. The lowest BCUT2D eigenvalue weighted by Crippen LogP contribution is -2.41. The molecule has 0 aromatic heterocycles. The molecule has 1 aromatic carbocycles. The molecule has 0 aliphatic heterocycles. The first kappa shape index (κ1) is 18.1. The minimum atomic E-state index is -0.454. The maximum atomic E-state index is 11.8. The molecule has 0 heterocycles. The van der Waals surface area contributed by atoms with E-state index in [2.05, 4.69) is 5.32 Å². The van der Waals surface area contributed by atoms with Crippen molar-refractivity contribution >= 4 is 5.91 Å². The van der Waals surface area contributed by atoms with E-state index in [0.717, 1.165) is 12.0 Å². The second-order valence-electron chi connectivity index (χ2n) is 4.95. The van der Waals surface area contributed by atoms with Gasteiger partial charge in [-0.3, -0.25) is 4.79 Å². The summed E-state index contributed by atoms with van der Waals surface area (Å²) in [5.74, 6) is 1.87. The standard InChI is InChI=1S/C16H26N2O4/c1-5-6-13(17)16(19)18-8-7-12-14(21-3)9-11(20-2)10-15(12)22-4/h9-10,13H,5-8,17H2,1-4H3,(H,18,19). The first-order chi connectivity index (χ1) is 10.6. The van der Waals surface area contributed by atoms with Crippen molar-refractivity contribution in [2.24, 2.45) is 5.73 Å². The molecule has 6 nitrogen and oxygen atoms in total. The van der Waals surface area contributed by atoms with Crippen LogP contribution in [0.15, 0.2) is 12.1 Å². The number of methoxy groups -OCH3 is 3. The largest absolute Gasteiger partial charge is 0.496 e. The number of hydrogen-bond donors (Lipinski definition) is 2. The lowest BCUT2D eigenvalue weighted by Gasteiger charge is -2.16. The summed E-state index contributed by atoms with van der Waals surface area (Å²) in [6, 6.07) is 3.13. The Kier molecular flexibility index (Phi) is 7.52. The number of ether oxygens (including phenoxy) is 3. The van der Waals surface area contributed by atoms with Gasteiger partial charge in [-0.2, -0.15) is 0 Å². The lowest BCUT2D eigenvalue weighted by molar-refractivity contribution is -0.122. The third kappa shape index (κ3) is 4.80. The normalized spacial score (nSPS) is 11.7. The van der Waals surface area contributed by atoms with E-state index in [0.29, 0.717) is 36.6 Å². The molecule has 6 heteroatoms. The molecule has 0 spiro atoms. The molecule has 0 fully saturated rings. The highest BCUT2D eigenvalue weighted by Gasteiger charge is 2.15. The van der Waals surface area contributed by atoms with Gasteiger partial charge in [-0.25, -0.2) is 0 Å². The quantitative estimate of drug-likeness (QED) is 0.722. The van der Waals surface area contributed by atoms with Crippen LogP contribution in [0.3, 0.4) is 0 Å². The molecule has 3 N–H and O–H groups in total. The van der Waals surface area contributed by atoms with E-state index in [1.807, 2.05) is 6.92 Å². The summed E-state index contributed by atoms with van der Waals surface area (Å²) in [6.07, 6.45) is 2.15. The van der Waals surface area contributed by atoms with E-state index < -0.39 is 6.04 Å². The Balaban J connectivity index is 2.74. The minimum absolute atomic E-state index is 0.131. The van der Waals surface area contributed by atoms with Crippen molar-refractivity contribution in [3.63, 3.8) is 0 Å². The average Bonchev–Trinajstić information content (AvgIpc) is 2.54. The Labute approximate surface area is 131 Å². The smallest absolute Gasteiger partial charge is 0.236 e. The zero-order valence-corrected chi connectivity index (χ0v) is 13.8. The van der Waals surface area contributed by atoms with Gasteiger partial charge in [-0.05, 0) is 12.8 Å². The van der Waals surface area contributed by atoms with Crippen molar-refractivity contribution in [2.45, 2.75) is 32.2 Å². The van der Waals surface area contributed by atoms with Crippen LogP contribution in [-0.2, 0) is 11.2 Å². The van der Waals surface area contributed by atoms with Crippen molar-refractivity contribution in [3.05, 3.63) is 17.7 Å². The van der Waals surface area contributed by atoms with E-state index >= 15 is 0 Å². The number of benzene rings is 1. The second-order valence-corrected chi connectivity index (χ2v) is 4.95. The Bertz CT molecular complexity index is 466. The van der Waals surface area contributed by atoms with Crippen LogP contribution in [-0.4, -0.2) is 39.8 Å². The van der Waals surface area contributed by atoms with Crippen LogP contribution in [0, 0.1) is 0 Å². The molecule has 1 aromatic rings. The number of hydrogen-bond acceptors (Lipinski definition) is 5. The van der Waals surface area contributed by atoms with Crippen LogP contribution in [0.5, 0.6) is 17.2 Å². The molecule has 1 unspecified atom stereocenters. The molecule has 124 valence electrons. The Morgan fingerprint density at radius 3 is 2.23 bits per heavy atom. The molecule has 0 radical (unpaired) electrons. The maximum Gasteiger partial charge on any atom is 0.236 e. The van der Waals surface area contributed by atoms with E-state index in [-0.39, 0.29) is 5.91 Å². The Morgan fingerprint density at radius 2 is 1.77 bits per heavy atom. The Hall–Kier alpha value is -1.95. The predicted molar refractivity (Wildman–Crippen MR) is 85.7 cm³/mol. The monoisotopic (exact) mass is 310 g/mol. The number of carbonyl (C=O) groups is 1. The van der Waals surface area contributed by atoms with Gasteiger partial charge in [0.25, 0.3) is 0 Å². The second kappa shape index (κ2) is 9.15. The van der Waals surface area contributed by atoms with Gasteiger partial charge in [-0.15, -0.1) is 0 Å². The zero-order chi connectivity index (χ0) is 16.5. The van der Waals surface area contributed by atoms with Gasteiger partial charge in [0, 0.05) is 24.2 Å². The topological polar surface area (TPSA) is 82.8 Å². The molecule has 1 rings (SSSR count). The molecule has 1 atom stereocenters. The zero-order valence-electron chi connectivity index (χ0n) is 13.8. The van der Waals surface area contributed by atoms with Gasteiger partial charge >= 0.3 is 0 Å². The third-order valence-electron chi connectivity index (χ3n) is 3.43. The highest BCUT2D eigenvalue weighted by Crippen LogP contribution is 2.34. The van der Waals surface area contributed by atoms with Crippen molar-refractivity contribution in [3.8, 4) is 17.2 Å². The lowest BCUT2D eigenvalue weighted by atomic mass is 10.1. The molecule has 0 aliphatic carbocycles. The first-order valence-electron chi connectivity index (χ1n) is 7.39. The van der Waals surface area contributed by atoms with Crippen molar-refractivity contribution < 1.29 is 19.0 Å². The van der Waals surface area contributed by atoms with Gasteiger partial charge in [0.1, 0.15) is 17.2 Å². The van der Waals surface area contributed by atoms with Crippen LogP contribution in [0.25, 0.3) is 0 Å². The summed E-state index contributed by atoms with van der Waals surface area (Å²) < 4.78 is 16.0. The van der Waals surface area contributed by atoms with Crippen LogP contribution in [0.4, 0.5) is 0 Å². The number of amides is 1. The van der Waals surface area contributed by atoms with Gasteiger partial charge in [-0.1, -0.05) is 13.3 Å². The first-order valence-corrected chi connectivity index (χ1v) is 7.39. The van der Waals surface area contributed by atoms with Crippen molar-refractivity contribution in [1.82, 2.24) is 5.32 Å². The van der Waals surface area contributed by atoms with Crippen LogP contribution in [0.1, 0.15) is 25.3 Å². The highest BCUT2D eigenvalue weighted by molar-refractivity contribution is 5.81. The van der Waals surface area contributed by atoms with Gasteiger partial charge in [0.2, 0.25) is 5.91 Å². The number of rotatable bonds is 9. The van der Waals surface area contributed by atoms with Crippen LogP contribution in [0.2, 0.25) is 0 Å². The highest BCUT2D eigenvalue weighted by atomic mass is 16.5. The maximum absolute atomic E-state index is 11.8. The molecular weight excluding hydrogens is 284 g/mol. The van der Waals surface area contributed by atoms with E-state index in [9.17, 15) is 4.79 Å². The fraction of sp³-hybridized carbons (Fsp3) is 0.562. The molecular formula is C16H26N2O4. The fourth-order valence-corrected chi connectivity index (χ4v) is 2.21. The Morgan fingerprint density at radius 1 is 1.18 bits per heavy atom. The molecule has 0 aliphatic rings. The van der Waals surface area contributed by atoms with E-state index in [1.165, 1.54) is 0 Å². The SMILES string of the molecule is CCCC(N)C(=O)NCCc1c(OC)cc(OC)cc1OC. The minimum Gasteiger partial charge on any atom is -0.496 e. The summed E-state index contributed by atoms with van der Waals surface area (Å²) in [5, 5.41) is 2.84. The summed E-state index contributed by atoms with van der Waals surface area (Å²) >= 11 is 0. The van der Waals surface area contributed by atoms with Crippen LogP contribution < -0.4 is 25.3 Å². The molecule has 0 saturated carbocycles. The number of nitrogens with one attached hydrogen (secondary N) is 1. The summed E-state index contributed by atoms with van der Waals surface area (Å²) in [6.45, 7) is 2.47. The molecule has 22 heavy (non-hydrogen) atoms. The molecule has 1 amide bonds. The van der Waals surface area contributed by atoms with E-state index in [4.69, 9.17) is 19.9 Å². The van der Waals surface area contributed by atoms with Crippen LogP contribution >= 0.6 is 0 Å². The van der Waals surface area contributed by atoms with Gasteiger partial charge in [0.15, 0.2) is 0 Å². The average molecular weight is 310 g/mol. The number of nitrogens with two attached hydrogens (primary N) is 1. The summed E-state index contributed by atoms with van der Waals surface area (Å²) in [5.41, 5.74) is 6.66. The summed E-state index contributed by atoms with van der Waals surface area (Å²) in [7, 11) is 4.77. The molecule has 0 bridgehead atoms. The predicted octanol–water partition coefficient (Wildman–Crippen LogP) is 1.50. The molecule has 0 saturated heterocycles. The van der Waals surface area contributed by atoms with Crippen molar-refractivity contribution in [2.75, 3.05) is 27.9 Å². The van der Waals surface area contributed by atoms with E-state index in [1.54, 1.807) is 33.5 Å². The third-order valence-corrected chi connectivity index (χ3v) is 3.43. The van der Waals surface area contributed by atoms with Gasteiger partial charge in [0.05, 0.1) is 27.4 Å². The summed E-state index contributed by atoms with van der Waals surface area (Å²) in [4.78, 5) is 11.8.